The Hall–Kier alpha value is -3.30. The Morgan fingerprint density at radius 2 is 1.77 bits per heavy atom. The largest absolute Gasteiger partial charge is 0.495 e. The van der Waals surface area contributed by atoms with Crippen molar-refractivity contribution in [1.82, 2.24) is 9.47 Å². The van der Waals surface area contributed by atoms with Gasteiger partial charge in [0.15, 0.2) is 4.80 Å². The summed E-state index contributed by atoms with van der Waals surface area (Å²) in [6.45, 7) is 3.00. The summed E-state index contributed by atoms with van der Waals surface area (Å²) in [5.74, 6) is -0.873. The average Bonchev–Trinajstić information content (AvgIpc) is 3.24. The van der Waals surface area contributed by atoms with Crippen LogP contribution in [0.5, 0.6) is 5.75 Å². The maximum Gasteiger partial charge on any atom is 0.268 e. The van der Waals surface area contributed by atoms with E-state index in [1.165, 1.54) is 11.3 Å². The van der Waals surface area contributed by atoms with Crippen LogP contribution in [0.15, 0.2) is 47.5 Å². The van der Waals surface area contributed by atoms with E-state index in [1.54, 1.807) is 31.4 Å². The number of fused-ring (bicyclic) bond motifs is 2. The molecule has 1 aliphatic heterocycles. The number of nitrogens with zero attached hydrogens (tertiary/aromatic N) is 3. The van der Waals surface area contributed by atoms with Crippen LogP contribution in [0.4, 0.5) is 0 Å². The molecule has 2 aromatic carbocycles. The summed E-state index contributed by atoms with van der Waals surface area (Å²) >= 11 is 1.34. The molecule has 0 N–H and O–H groups in total. The third-order valence-corrected chi connectivity index (χ3v) is 5.98. The molecular formula is C22H21N3O5S. The highest BCUT2D eigenvalue weighted by molar-refractivity contribution is 7.16. The molecule has 160 valence electrons. The summed E-state index contributed by atoms with van der Waals surface area (Å²) in [5.41, 5.74) is 1.43. The fourth-order valence-corrected chi connectivity index (χ4v) is 4.61. The van der Waals surface area contributed by atoms with Crippen molar-refractivity contribution >= 4 is 39.3 Å². The number of hydrogen-bond acceptors (Lipinski definition) is 6. The molecule has 0 saturated heterocycles. The Labute approximate surface area is 182 Å². The number of carbonyl (C=O) groups is 3. The molecule has 0 spiro atoms. The molecule has 3 amide bonds. The quantitative estimate of drug-likeness (QED) is 0.417. The minimum absolute atomic E-state index is 0.304. The first-order valence-corrected chi connectivity index (χ1v) is 10.6. The molecule has 2 heterocycles. The fraction of sp³-hybridized carbons (Fsp3) is 0.273. The first-order chi connectivity index (χ1) is 15.0. The number of para-hydroxylation sites is 1. The van der Waals surface area contributed by atoms with Gasteiger partial charge < -0.3 is 14.0 Å². The van der Waals surface area contributed by atoms with E-state index in [0.29, 0.717) is 41.4 Å². The van der Waals surface area contributed by atoms with Crippen LogP contribution < -0.4 is 9.54 Å². The number of ether oxygens (including phenoxy) is 2. The van der Waals surface area contributed by atoms with Crippen molar-refractivity contribution in [3.8, 4) is 5.75 Å². The van der Waals surface area contributed by atoms with Gasteiger partial charge in [-0.3, -0.25) is 19.3 Å². The maximum atomic E-state index is 12.7. The summed E-state index contributed by atoms with van der Waals surface area (Å²) < 4.78 is 13.7. The highest BCUT2D eigenvalue weighted by Crippen LogP contribution is 2.27. The molecule has 3 aromatic rings. The lowest BCUT2D eigenvalue weighted by Crippen LogP contribution is -2.35. The predicted octanol–water partition coefficient (Wildman–Crippen LogP) is 2.47. The van der Waals surface area contributed by atoms with Gasteiger partial charge in [-0.2, -0.15) is 4.99 Å². The van der Waals surface area contributed by atoms with Crippen LogP contribution in [0.25, 0.3) is 10.2 Å². The van der Waals surface area contributed by atoms with Crippen molar-refractivity contribution in [2.45, 2.75) is 13.5 Å². The van der Waals surface area contributed by atoms with Crippen LogP contribution in [-0.4, -0.2) is 54.1 Å². The minimum Gasteiger partial charge on any atom is -0.495 e. The molecule has 4 rings (SSSR count). The Kier molecular flexibility index (Phi) is 5.97. The van der Waals surface area contributed by atoms with E-state index in [-0.39, 0.29) is 0 Å². The monoisotopic (exact) mass is 439 g/mol. The molecule has 0 fully saturated rings. The van der Waals surface area contributed by atoms with Gasteiger partial charge in [0.05, 0.1) is 29.5 Å². The molecule has 0 radical (unpaired) electrons. The smallest absolute Gasteiger partial charge is 0.268 e. The molecular weight excluding hydrogens is 418 g/mol. The summed E-state index contributed by atoms with van der Waals surface area (Å²) in [6.07, 6.45) is 0. The first kappa shape index (κ1) is 21.0. The summed E-state index contributed by atoms with van der Waals surface area (Å²) in [5, 5.41) is 0. The van der Waals surface area contributed by atoms with Crippen molar-refractivity contribution in [3.63, 3.8) is 0 Å². The van der Waals surface area contributed by atoms with E-state index in [1.807, 2.05) is 29.7 Å². The minimum atomic E-state index is -0.579. The lowest BCUT2D eigenvalue weighted by Gasteiger charge is -2.11. The second-order valence-corrected chi connectivity index (χ2v) is 7.80. The number of methoxy groups -OCH3 is 1. The van der Waals surface area contributed by atoms with Gasteiger partial charge in [-0.1, -0.05) is 29.5 Å². The van der Waals surface area contributed by atoms with Crippen molar-refractivity contribution in [1.29, 1.82) is 0 Å². The second kappa shape index (κ2) is 8.83. The number of thiazole rings is 1. The molecule has 0 unspecified atom stereocenters. The van der Waals surface area contributed by atoms with Crippen LogP contribution in [0, 0.1) is 0 Å². The molecule has 31 heavy (non-hydrogen) atoms. The first-order valence-electron chi connectivity index (χ1n) is 9.82. The van der Waals surface area contributed by atoms with E-state index < -0.39 is 24.3 Å². The molecule has 1 aliphatic rings. The zero-order chi connectivity index (χ0) is 22.0. The lowest BCUT2D eigenvalue weighted by molar-refractivity contribution is -0.118. The van der Waals surface area contributed by atoms with Gasteiger partial charge in [0.2, 0.25) is 0 Å². The molecule has 9 heteroatoms. The number of amides is 3. The maximum absolute atomic E-state index is 12.7. The predicted molar refractivity (Wildman–Crippen MR) is 115 cm³/mol. The molecule has 1 aromatic heterocycles. The number of benzene rings is 2. The Bertz CT molecular complexity index is 1210. The SMILES string of the molecule is CCOCCn1c(=NC(=O)CN2C(=O)c3ccccc3C2=O)sc2cccc(OC)c21. The Morgan fingerprint density at radius 3 is 2.42 bits per heavy atom. The lowest BCUT2D eigenvalue weighted by atomic mass is 10.1. The van der Waals surface area contributed by atoms with Gasteiger partial charge in [-0.15, -0.1) is 0 Å². The van der Waals surface area contributed by atoms with Crippen LogP contribution >= 0.6 is 11.3 Å². The van der Waals surface area contributed by atoms with E-state index in [0.717, 1.165) is 15.1 Å². The van der Waals surface area contributed by atoms with Crippen molar-refractivity contribution in [2.75, 3.05) is 26.9 Å². The van der Waals surface area contributed by atoms with E-state index >= 15 is 0 Å². The van der Waals surface area contributed by atoms with Gasteiger partial charge >= 0.3 is 0 Å². The van der Waals surface area contributed by atoms with E-state index in [9.17, 15) is 14.4 Å². The second-order valence-electron chi connectivity index (χ2n) is 6.79. The number of rotatable bonds is 7. The van der Waals surface area contributed by atoms with Crippen LogP contribution in [0.1, 0.15) is 27.6 Å². The Balaban J connectivity index is 1.67. The Morgan fingerprint density at radius 1 is 1.06 bits per heavy atom. The normalized spacial score (nSPS) is 13.9. The highest BCUT2D eigenvalue weighted by atomic mass is 32.1. The van der Waals surface area contributed by atoms with Gasteiger partial charge in [-0.25, -0.2) is 0 Å². The van der Waals surface area contributed by atoms with Crippen LogP contribution in [0.2, 0.25) is 0 Å². The number of hydrogen-bond donors (Lipinski definition) is 0. The average molecular weight is 439 g/mol. The topological polar surface area (TPSA) is 90.2 Å². The van der Waals surface area contributed by atoms with E-state index in [2.05, 4.69) is 4.99 Å². The van der Waals surface area contributed by atoms with Crippen molar-refractivity contribution in [2.24, 2.45) is 4.99 Å². The molecule has 0 bridgehead atoms. The number of aromatic nitrogens is 1. The van der Waals surface area contributed by atoms with Crippen molar-refractivity contribution in [3.05, 3.63) is 58.4 Å². The van der Waals surface area contributed by atoms with Crippen molar-refractivity contribution < 1.29 is 23.9 Å². The molecule has 8 nitrogen and oxygen atoms in total. The zero-order valence-electron chi connectivity index (χ0n) is 17.2. The van der Waals surface area contributed by atoms with Crippen LogP contribution in [0.3, 0.4) is 0 Å². The summed E-state index contributed by atoms with van der Waals surface area (Å²) in [4.78, 5) is 43.4. The van der Waals surface area contributed by atoms with Gasteiger partial charge in [0.1, 0.15) is 17.8 Å². The van der Waals surface area contributed by atoms with Gasteiger partial charge in [-0.05, 0) is 31.2 Å². The molecule has 0 atom stereocenters. The third-order valence-electron chi connectivity index (χ3n) is 4.94. The van der Waals surface area contributed by atoms with Crippen LogP contribution in [-0.2, 0) is 16.1 Å². The van der Waals surface area contributed by atoms with Gasteiger partial charge in [0.25, 0.3) is 17.7 Å². The molecule has 0 aliphatic carbocycles. The highest BCUT2D eigenvalue weighted by Gasteiger charge is 2.36. The summed E-state index contributed by atoms with van der Waals surface area (Å²) in [6, 6.07) is 12.2. The zero-order valence-corrected chi connectivity index (χ0v) is 18.0. The van der Waals surface area contributed by atoms with E-state index in [4.69, 9.17) is 9.47 Å². The number of carbonyl (C=O) groups excluding carboxylic acids is 3. The number of imide groups is 1. The standard InChI is InChI=1S/C22H21N3O5S/c1-3-30-12-11-24-19-16(29-2)9-6-10-17(19)31-22(24)23-18(26)13-25-20(27)14-7-4-5-8-15(14)21(25)28/h4-10H,3,11-13H2,1-2H3. The molecule has 0 saturated carbocycles. The fourth-order valence-electron chi connectivity index (χ4n) is 3.52. The third kappa shape index (κ3) is 3.89. The summed E-state index contributed by atoms with van der Waals surface area (Å²) in [7, 11) is 1.59. The van der Waals surface area contributed by atoms with Gasteiger partial charge in [0, 0.05) is 13.2 Å².